The number of carbonyl (C=O) groups excluding carboxylic acids is 1. The number of methoxy groups -OCH3 is 1. The maximum atomic E-state index is 11.7. The molecule has 0 atom stereocenters. The molecule has 0 aliphatic heterocycles. The third-order valence-electron chi connectivity index (χ3n) is 2.80. The van der Waals surface area contributed by atoms with Crippen molar-refractivity contribution in [3.8, 4) is 5.75 Å². The normalized spacial score (nSPS) is 15.1. The van der Waals surface area contributed by atoms with Gasteiger partial charge in [-0.2, -0.15) is 0 Å². The summed E-state index contributed by atoms with van der Waals surface area (Å²) in [5.41, 5.74) is 0.582. The topological polar surface area (TPSA) is 72.5 Å². The molecule has 1 aliphatic carbocycles. The lowest BCUT2D eigenvalue weighted by Crippen LogP contribution is -2.27. The van der Waals surface area contributed by atoms with Gasteiger partial charge in [-0.15, -0.1) is 0 Å². The van der Waals surface area contributed by atoms with Crippen molar-refractivity contribution in [2.75, 3.05) is 7.11 Å². The summed E-state index contributed by atoms with van der Waals surface area (Å²) in [6.45, 7) is 0. The third kappa shape index (κ3) is 3.84. The predicted molar refractivity (Wildman–Crippen MR) is 70.9 cm³/mol. The minimum Gasteiger partial charge on any atom is -0.495 e. The molecule has 1 aliphatic rings. The average Bonchev–Trinajstić information content (AvgIpc) is 3.11. The molecule has 0 radical (unpaired) electrons. The van der Waals surface area contributed by atoms with Crippen LogP contribution < -0.4 is 10.1 Å². The fourth-order valence-electron chi connectivity index (χ4n) is 1.71. The molecule has 2 rings (SSSR count). The molecule has 0 bridgehead atoms. The molecular weight excluding hydrogens is 290 g/mol. The van der Waals surface area contributed by atoms with Gasteiger partial charge in [0, 0.05) is 16.7 Å². The van der Waals surface area contributed by atoms with Gasteiger partial charge < -0.3 is 10.1 Å². The number of hydrogen-bond acceptors (Lipinski definition) is 4. The average molecular weight is 304 g/mol. The molecule has 1 aromatic carbocycles. The number of ether oxygens (including phenoxy) is 1. The van der Waals surface area contributed by atoms with Crippen LogP contribution in [0.25, 0.3) is 0 Å². The van der Waals surface area contributed by atoms with Gasteiger partial charge in [-0.05, 0) is 30.5 Å². The van der Waals surface area contributed by atoms with E-state index >= 15 is 0 Å². The third-order valence-corrected chi connectivity index (χ3v) is 4.14. The van der Waals surface area contributed by atoms with Crippen LogP contribution in [0.2, 0.25) is 0 Å². The van der Waals surface area contributed by atoms with Crippen LogP contribution in [0.1, 0.15) is 18.4 Å². The van der Waals surface area contributed by atoms with Crippen molar-refractivity contribution in [2.45, 2.75) is 30.2 Å². The Morgan fingerprint density at radius 1 is 1.47 bits per heavy atom. The highest BCUT2D eigenvalue weighted by atomic mass is 35.7. The Balaban J connectivity index is 2.19. The SMILES string of the molecule is COc1ccc(CC(=O)NC2CC2)cc1S(=O)(=O)Cl. The highest BCUT2D eigenvalue weighted by Gasteiger charge is 2.23. The summed E-state index contributed by atoms with van der Waals surface area (Å²) in [5.74, 6) is 0.0481. The van der Waals surface area contributed by atoms with E-state index < -0.39 is 9.05 Å². The molecule has 5 nitrogen and oxygen atoms in total. The Bertz CT molecular complexity index is 596. The zero-order valence-corrected chi connectivity index (χ0v) is 11.9. The maximum Gasteiger partial charge on any atom is 0.264 e. The fourth-order valence-corrected chi connectivity index (χ4v) is 2.76. The molecular formula is C12H14ClNO4S. The summed E-state index contributed by atoms with van der Waals surface area (Å²) >= 11 is 0. The van der Waals surface area contributed by atoms with Crippen LogP contribution in [0.4, 0.5) is 0 Å². The van der Waals surface area contributed by atoms with E-state index in [0.29, 0.717) is 5.56 Å². The van der Waals surface area contributed by atoms with Gasteiger partial charge >= 0.3 is 0 Å². The summed E-state index contributed by atoms with van der Waals surface area (Å²) < 4.78 is 27.8. The Morgan fingerprint density at radius 3 is 2.68 bits per heavy atom. The first-order valence-corrected chi connectivity index (χ1v) is 8.12. The van der Waals surface area contributed by atoms with Crippen molar-refractivity contribution < 1.29 is 17.9 Å². The van der Waals surface area contributed by atoms with Crippen LogP contribution in [0.5, 0.6) is 5.75 Å². The summed E-state index contributed by atoms with van der Waals surface area (Å²) in [4.78, 5) is 11.5. The second-order valence-corrected chi connectivity index (χ2v) is 6.98. The van der Waals surface area contributed by atoms with Gasteiger partial charge in [-0.25, -0.2) is 8.42 Å². The Kier molecular flexibility index (Phi) is 4.01. The van der Waals surface area contributed by atoms with Crippen molar-refractivity contribution in [1.29, 1.82) is 0 Å². The van der Waals surface area contributed by atoms with Crippen molar-refractivity contribution in [1.82, 2.24) is 5.32 Å². The largest absolute Gasteiger partial charge is 0.495 e. The fraction of sp³-hybridized carbons (Fsp3) is 0.417. The molecule has 7 heteroatoms. The molecule has 0 spiro atoms. The van der Waals surface area contributed by atoms with Crippen LogP contribution in [0.3, 0.4) is 0 Å². The zero-order valence-electron chi connectivity index (χ0n) is 10.3. The number of benzene rings is 1. The van der Waals surface area contributed by atoms with E-state index in [1.165, 1.54) is 19.2 Å². The van der Waals surface area contributed by atoms with Crippen LogP contribution in [-0.4, -0.2) is 27.5 Å². The highest BCUT2D eigenvalue weighted by Crippen LogP contribution is 2.28. The molecule has 1 aromatic rings. The number of rotatable bonds is 5. The van der Waals surface area contributed by atoms with Crippen molar-refractivity contribution in [2.24, 2.45) is 0 Å². The molecule has 1 amide bonds. The molecule has 19 heavy (non-hydrogen) atoms. The number of hydrogen-bond donors (Lipinski definition) is 1. The van der Waals surface area contributed by atoms with Gasteiger partial charge in [0.05, 0.1) is 13.5 Å². The smallest absolute Gasteiger partial charge is 0.264 e. The number of amides is 1. The minimum absolute atomic E-state index is 0.117. The lowest BCUT2D eigenvalue weighted by Gasteiger charge is -2.08. The van der Waals surface area contributed by atoms with Crippen LogP contribution in [0, 0.1) is 0 Å². The van der Waals surface area contributed by atoms with E-state index in [1.807, 2.05) is 0 Å². The van der Waals surface area contributed by atoms with Crippen LogP contribution >= 0.6 is 10.7 Å². The first kappa shape index (κ1) is 14.1. The highest BCUT2D eigenvalue weighted by molar-refractivity contribution is 8.13. The van der Waals surface area contributed by atoms with Gasteiger partial charge in [0.15, 0.2) is 0 Å². The molecule has 0 unspecified atom stereocenters. The van der Waals surface area contributed by atoms with Gasteiger partial charge in [0.1, 0.15) is 10.6 Å². The molecule has 0 aromatic heterocycles. The first-order chi connectivity index (χ1) is 8.90. The summed E-state index contributed by atoms with van der Waals surface area (Å²) in [7, 11) is 2.80. The lowest BCUT2D eigenvalue weighted by atomic mass is 10.1. The Hall–Kier alpha value is -1.27. The van der Waals surface area contributed by atoms with E-state index in [9.17, 15) is 13.2 Å². The quantitative estimate of drug-likeness (QED) is 0.836. The van der Waals surface area contributed by atoms with E-state index in [2.05, 4.69) is 5.32 Å². The summed E-state index contributed by atoms with van der Waals surface area (Å²) in [6.07, 6.45) is 2.14. The van der Waals surface area contributed by atoms with Gasteiger partial charge in [0.25, 0.3) is 9.05 Å². The van der Waals surface area contributed by atoms with Gasteiger partial charge in [0.2, 0.25) is 5.91 Å². The van der Waals surface area contributed by atoms with Crippen molar-refractivity contribution in [3.63, 3.8) is 0 Å². The summed E-state index contributed by atoms with van der Waals surface area (Å²) in [6, 6.07) is 4.79. The molecule has 104 valence electrons. The van der Waals surface area contributed by atoms with Gasteiger partial charge in [-0.1, -0.05) is 6.07 Å². The molecule has 0 saturated heterocycles. The number of carbonyl (C=O) groups is 1. The molecule has 1 fully saturated rings. The lowest BCUT2D eigenvalue weighted by molar-refractivity contribution is -0.120. The van der Waals surface area contributed by atoms with Crippen molar-refractivity contribution >= 4 is 25.6 Å². The second kappa shape index (κ2) is 5.38. The maximum absolute atomic E-state index is 11.7. The first-order valence-electron chi connectivity index (χ1n) is 5.81. The van der Waals surface area contributed by atoms with Crippen LogP contribution in [0.15, 0.2) is 23.1 Å². The molecule has 0 heterocycles. The molecule has 1 saturated carbocycles. The number of halogens is 1. The van der Waals surface area contributed by atoms with Crippen molar-refractivity contribution in [3.05, 3.63) is 23.8 Å². The van der Waals surface area contributed by atoms with E-state index in [4.69, 9.17) is 15.4 Å². The van der Waals surface area contributed by atoms with E-state index in [-0.39, 0.29) is 29.0 Å². The van der Waals surface area contributed by atoms with E-state index in [0.717, 1.165) is 12.8 Å². The Labute approximate surface area is 116 Å². The van der Waals surface area contributed by atoms with Crippen LogP contribution in [-0.2, 0) is 20.3 Å². The minimum atomic E-state index is -3.90. The zero-order chi connectivity index (χ0) is 14.0. The second-order valence-electron chi connectivity index (χ2n) is 4.44. The van der Waals surface area contributed by atoms with Gasteiger partial charge in [-0.3, -0.25) is 4.79 Å². The Morgan fingerprint density at radius 2 is 2.16 bits per heavy atom. The predicted octanol–water partition coefficient (Wildman–Crippen LogP) is 1.44. The standard InChI is InChI=1S/C12H14ClNO4S/c1-18-10-5-2-8(6-11(10)19(13,16)17)7-12(15)14-9-3-4-9/h2,5-6,9H,3-4,7H2,1H3,(H,14,15). The van der Waals surface area contributed by atoms with E-state index in [1.54, 1.807) is 6.07 Å². The number of nitrogens with one attached hydrogen (secondary N) is 1. The molecule has 1 N–H and O–H groups in total. The monoisotopic (exact) mass is 303 g/mol. The summed E-state index contributed by atoms with van der Waals surface area (Å²) in [5, 5.41) is 2.84.